The lowest BCUT2D eigenvalue weighted by molar-refractivity contribution is -0.134. The number of anilines is 1. The summed E-state index contributed by atoms with van der Waals surface area (Å²) in [4.78, 5) is 16.0. The van der Waals surface area contributed by atoms with E-state index in [0.29, 0.717) is 39.8 Å². The molecule has 1 aliphatic heterocycles. The molecule has 3 rings (SSSR count). The molecule has 0 bridgehead atoms. The number of hydrogen-bond donors (Lipinski definition) is 2. The normalized spacial score (nSPS) is 16.2. The molecule has 1 unspecified atom stereocenters. The van der Waals surface area contributed by atoms with Crippen LogP contribution in [-0.4, -0.2) is 34.5 Å². The standard InChI is InChI=1S/C20H25Cl3N4OS/c1-13-4-8-27(9-5-13)20(28)17(6-10-26-7-2-3-18(26)23)25-29-14-11-15(21)19(24)16(22)12-14/h2-3,7,11-13,17,25H,4-6,8-10,24H2,1H3. The number of aromatic nitrogens is 1. The van der Waals surface area contributed by atoms with Crippen molar-refractivity contribution in [1.82, 2.24) is 14.2 Å². The summed E-state index contributed by atoms with van der Waals surface area (Å²) in [6.07, 6.45) is 4.61. The van der Waals surface area contributed by atoms with Gasteiger partial charge in [-0.25, -0.2) is 4.72 Å². The van der Waals surface area contributed by atoms with Gasteiger partial charge in [-0.3, -0.25) is 4.79 Å². The maximum atomic E-state index is 13.2. The van der Waals surface area contributed by atoms with Crippen LogP contribution in [0.1, 0.15) is 26.2 Å². The van der Waals surface area contributed by atoms with Crippen molar-refractivity contribution in [3.05, 3.63) is 45.7 Å². The molecular formula is C20H25Cl3N4OS. The van der Waals surface area contributed by atoms with E-state index in [0.717, 1.165) is 30.8 Å². The molecule has 1 atom stereocenters. The minimum absolute atomic E-state index is 0.111. The molecule has 2 aromatic rings. The first-order valence-corrected chi connectivity index (χ1v) is 11.6. The van der Waals surface area contributed by atoms with Gasteiger partial charge in [0.05, 0.1) is 21.8 Å². The predicted octanol–water partition coefficient (Wildman–Crippen LogP) is 5.34. The number of rotatable bonds is 7. The number of carbonyl (C=O) groups is 1. The fourth-order valence-corrected chi connectivity index (χ4v) is 4.96. The van der Waals surface area contributed by atoms with Gasteiger partial charge in [0.2, 0.25) is 5.91 Å². The molecule has 0 spiro atoms. The zero-order chi connectivity index (χ0) is 21.0. The van der Waals surface area contributed by atoms with E-state index in [9.17, 15) is 4.79 Å². The zero-order valence-electron chi connectivity index (χ0n) is 16.2. The number of hydrogen-bond acceptors (Lipinski definition) is 4. The fraction of sp³-hybridized carbons (Fsp3) is 0.450. The van der Waals surface area contributed by atoms with Crippen molar-refractivity contribution in [2.75, 3.05) is 18.8 Å². The van der Waals surface area contributed by atoms with Crippen LogP contribution in [0, 0.1) is 5.92 Å². The van der Waals surface area contributed by atoms with Gasteiger partial charge in [-0.05, 0) is 61.4 Å². The van der Waals surface area contributed by atoms with Gasteiger partial charge in [-0.15, -0.1) is 0 Å². The Balaban J connectivity index is 1.69. The minimum Gasteiger partial charge on any atom is -0.396 e. The summed E-state index contributed by atoms with van der Waals surface area (Å²) in [5, 5.41) is 1.45. The van der Waals surface area contributed by atoms with Gasteiger partial charge in [0.15, 0.2) is 0 Å². The minimum atomic E-state index is -0.359. The lowest BCUT2D eigenvalue weighted by Gasteiger charge is -2.33. The van der Waals surface area contributed by atoms with E-state index in [4.69, 9.17) is 40.5 Å². The van der Waals surface area contributed by atoms with Crippen LogP contribution in [-0.2, 0) is 11.3 Å². The maximum Gasteiger partial charge on any atom is 0.240 e. The molecule has 1 fully saturated rings. The van der Waals surface area contributed by atoms with Crippen molar-refractivity contribution < 1.29 is 4.79 Å². The van der Waals surface area contributed by atoms with Crippen LogP contribution < -0.4 is 10.5 Å². The number of nitrogen functional groups attached to an aromatic ring is 1. The third-order valence-corrected chi connectivity index (χ3v) is 7.04. The third-order valence-electron chi connectivity index (χ3n) is 5.20. The topological polar surface area (TPSA) is 63.3 Å². The molecule has 9 heteroatoms. The van der Waals surface area contributed by atoms with Gasteiger partial charge in [0.25, 0.3) is 0 Å². The van der Waals surface area contributed by atoms with Crippen molar-refractivity contribution in [2.24, 2.45) is 5.92 Å². The Kier molecular flexibility index (Phi) is 8.05. The average molecular weight is 476 g/mol. The Morgan fingerprint density at radius 2 is 1.93 bits per heavy atom. The highest BCUT2D eigenvalue weighted by molar-refractivity contribution is 7.97. The average Bonchev–Trinajstić information content (AvgIpc) is 3.11. The van der Waals surface area contributed by atoms with Crippen LogP contribution in [0.4, 0.5) is 5.69 Å². The second-order valence-corrected chi connectivity index (χ2v) is 9.51. The summed E-state index contributed by atoms with van der Waals surface area (Å²) >= 11 is 19.8. The summed E-state index contributed by atoms with van der Waals surface area (Å²) in [5.74, 6) is 0.776. The molecule has 5 nitrogen and oxygen atoms in total. The molecule has 29 heavy (non-hydrogen) atoms. The van der Waals surface area contributed by atoms with E-state index < -0.39 is 0 Å². The SMILES string of the molecule is CC1CCN(C(=O)C(CCn2cccc2Cl)NSc2cc(Cl)c(N)c(Cl)c2)CC1. The molecule has 1 aromatic carbocycles. The highest BCUT2D eigenvalue weighted by Gasteiger charge is 2.27. The van der Waals surface area contributed by atoms with Crippen molar-refractivity contribution in [1.29, 1.82) is 0 Å². The van der Waals surface area contributed by atoms with Crippen LogP contribution in [0.5, 0.6) is 0 Å². The summed E-state index contributed by atoms with van der Waals surface area (Å²) in [6, 6.07) is 6.86. The first-order valence-electron chi connectivity index (χ1n) is 9.61. The molecule has 0 aliphatic carbocycles. The van der Waals surface area contributed by atoms with E-state index in [1.165, 1.54) is 11.9 Å². The number of benzene rings is 1. The first-order chi connectivity index (χ1) is 13.8. The first kappa shape index (κ1) is 22.6. The van der Waals surface area contributed by atoms with E-state index in [1.807, 2.05) is 27.8 Å². The maximum absolute atomic E-state index is 13.2. The van der Waals surface area contributed by atoms with Gasteiger partial charge >= 0.3 is 0 Å². The highest BCUT2D eigenvalue weighted by atomic mass is 35.5. The van der Waals surface area contributed by atoms with Crippen molar-refractivity contribution >= 4 is 58.3 Å². The number of piperidine rings is 1. The quantitative estimate of drug-likeness (QED) is 0.419. The van der Waals surface area contributed by atoms with Gasteiger partial charge in [-0.1, -0.05) is 41.7 Å². The Bertz CT molecular complexity index is 829. The number of carbonyl (C=O) groups excluding carboxylic acids is 1. The van der Waals surface area contributed by atoms with E-state index >= 15 is 0 Å². The molecule has 1 saturated heterocycles. The van der Waals surface area contributed by atoms with Gasteiger partial charge < -0.3 is 15.2 Å². The van der Waals surface area contributed by atoms with Crippen LogP contribution in [0.2, 0.25) is 15.2 Å². The molecular weight excluding hydrogens is 451 g/mol. The van der Waals surface area contributed by atoms with Crippen molar-refractivity contribution in [3.8, 4) is 0 Å². The number of amides is 1. The molecule has 158 valence electrons. The van der Waals surface area contributed by atoms with E-state index in [1.54, 1.807) is 12.1 Å². The number of nitrogens with one attached hydrogen (secondary N) is 1. The van der Waals surface area contributed by atoms with E-state index in [-0.39, 0.29) is 11.9 Å². The monoisotopic (exact) mass is 474 g/mol. The Labute approximate surface area is 191 Å². The number of halogens is 3. The third kappa shape index (κ3) is 5.98. The van der Waals surface area contributed by atoms with Crippen LogP contribution in [0.25, 0.3) is 0 Å². The number of aryl methyl sites for hydroxylation is 1. The second kappa shape index (κ2) is 10.3. The van der Waals surface area contributed by atoms with E-state index in [2.05, 4.69) is 11.6 Å². The molecule has 1 aliphatic rings. The Morgan fingerprint density at radius 3 is 2.52 bits per heavy atom. The molecule has 1 amide bonds. The molecule has 3 N–H and O–H groups in total. The summed E-state index contributed by atoms with van der Waals surface area (Å²) in [5.41, 5.74) is 6.17. The number of nitrogens with zero attached hydrogens (tertiary/aromatic N) is 2. The lowest BCUT2D eigenvalue weighted by Crippen LogP contribution is -2.47. The van der Waals surface area contributed by atoms with Crippen molar-refractivity contribution in [3.63, 3.8) is 0 Å². The largest absolute Gasteiger partial charge is 0.396 e. The van der Waals surface area contributed by atoms with Crippen LogP contribution in [0.3, 0.4) is 0 Å². The molecule has 0 saturated carbocycles. The fourth-order valence-electron chi connectivity index (χ4n) is 3.28. The van der Waals surface area contributed by atoms with Gasteiger partial charge in [-0.2, -0.15) is 0 Å². The predicted molar refractivity (Wildman–Crippen MR) is 123 cm³/mol. The Hall–Kier alpha value is -1.05. The summed E-state index contributed by atoms with van der Waals surface area (Å²) in [7, 11) is 0. The molecule has 0 radical (unpaired) electrons. The smallest absolute Gasteiger partial charge is 0.240 e. The van der Waals surface area contributed by atoms with Crippen LogP contribution in [0.15, 0.2) is 35.4 Å². The Morgan fingerprint density at radius 1 is 1.28 bits per heavy atom. The van der Waals surface area contributed by atoms with Gasteiger partial charge in [0, 0.05) is 30.7 Å². The van der Waals surface area contributed by atoms with Gasteiger partial charge in [0.1, 0.15) is 5.15 Å². The lowest BCUT2D eigenvalue weighted by atomic mass is 9.98. The van der Waals surface area contributed by atoms with Crippen LogP contribution >= 0.6 is 46.8 Å². The molecule has 2 heterocycles. The van der Waals surface area contributed by atoms with Crippen molar-refractivity contribution in [2.45, 2.75) is 43.7 Å². The zero-order valence-corrected chi connectivity index (χ0v) is 19.3. The number of likely N-dealkylation sites (tertiary alicyclic amines) is 1. The number of nitrogens with two attached hydrogens (primary N) is 1. The summed E-state index contributed by atoms with van der Waals surface area (Å²) < 4.78 is 5.25. The second-order valence-electron chi connectivity index (χ2n) is 7.39. The summed E-state index contributed by atoms with van der Waals surface area (Å²) in [6.45, 7) is 4.47. The highest BCUT2D eigenvalue weighted by Crippen LogP contribution is 2.32. The molecule has 1 aromatic heterocycles.